The molecule has 1 N–H and O–H groups in total. The Morgan fingerprint density at radius 1 is 1.00 bits per heavy atom. The monoisotopic (exact) mass is 418 g/mol. The lowest BCUT2D eigenvalue weighted by molar-refractivity contribution is 0.0955. The average molecular weight is 419 g/mol. The van der Waals surface area contributed by atoms with Gasteiger partial charge in [0.1, 0.15) is 5.75 Å². The third-order valence-electron chi connectivity index (χ3n) is 5.13. The summed E-state index contributed by atoms with van der Waals surface area (Å²) in [5.74, 6) is 0.757. The third kappa shape index (κ3) is 4.50. The number of hydrogen-bond donors (Lipinski definition) is 1. The zero-order valence-electron chi connectivity index (χ0n) is 16.8. The second-order valence-electron chi connectivity index (χ2n) is 7.17. The second-order valence-corrected chi connectivity index (χ2v) is 7.61. The maximum Gasteiger partial charge on any atom is 0.253 e. The van der Waals surface area contributed by atoms with E-state index in [2.05, 4.69) is 9.88 Å². The number of rotatable bonds is 7. The van der Waals surface area contributed by atoms with Crippen LogP contribution < -0.4 is 10.1 Å². The van der Waals surface area contributed by atoms with Crippen molar-refractivity contribution in [2.45, 2.75) is 13.0 Å². The molecule has 3 aromatic carbocycles. The molecular weight excluding hydrogens is 396 g/mol. The van der Waals surface area contributed by atoms with Gasteiger partial charge in [0.15, 0.2) is 0 Å². The summed E-state index contributed by atoms with van der Waals surface area (Å²) >= 11 is 6.00. The van der Waals surface area contributed by atoms with Crippen LogP contribution in [0.25, 0.3) is 10.9 Å². The third-order valence-corrected chi connectivity index (χ3v) is 5.38. The van der Waals surface area contributed by atoms with Gasteiger partial charge in [-0.3, -0.25) is 4.79 Å². The van der Waals surface area contributed by atoms with Crippen LogP contribution in [-0.2, 0) is 13.0 Å². The first-order chi connectivity index (χ1) is 14.6. The van der Waals surface area contributed by atoms with Crippen LogP contribution in [0.3, 0.4) is 0 Å². The van der Waals surface area contributed by atoms with E-state index in [-0.39, 0.29) is 5.91 Å². The van der Waals surface area contributed by atoms with Gasteiger partial charge in [-0.05, 0) is 47.9 Å². The van der Waals surface area contributed by atoms with Crippen LogP contribution in [0.2, 0.25) is 5.02 Å². The number of hydrogen-bond acceptors (Lipinski definition) is 2. The van der Waals surface area contributed by atoms with Gasteiger partial charge < -0.3 is 14.6 Å². The number of carbonyl (C=O) groups is 1. The number of methoxy groups -OCH3 is 1. The maximum absolute atomic E-state index is 12.9. The highest BCUT2D eigenvalue weighted by Crippen LogP contribution is 2.23. The van der Waals surface area contributed by atoms with E-state index in [0.717, 1.165) is 34.2 Å². The van der Waals surface area contributed by atoms with Crippen molar-refractivity contribution in [1.29, 1.82) is 0 Å². The molecule has 1 amide bonds. The van der Waals surface area contributed by atoms with Gasteiger partial charge in [-0.15, -0.1) is 0 Å². The van der Waals surface area contributed by atoms with Crippen LogP contribution in [0.5, 0.6) is 5.75 Å². The highest BCUT2D eigenvalue weighted by Gasteiger charge is 2.15. The van der Waals surface area contributed by atoms with Gasteiger partial charge in [0.05, 0.1) is 12.7 Å². The molecule has 0 bridgehead atoms. The molecule has 4 nitrogen and oxygen atoms in total. The Labute approximate surface area is 181 Å². The lowest BCUT2D eigenvalue weighted by Crippen LogP contribution is -2.25. The van der Waals surface area contributed by atoms with Gasteiger partial charge in [0.2, 0.25) is 0 Å². The Hall–Kier alpha value is -3.24. The first-order valence-electron chi connectivity index (χ1n) is 9.87. The summed E-state index contributed by atoms with van der Waals surface area (Å²) in [6.07, 6.45) is 2.67. The van der Waals surface area contributed by atoms with E-state index in [1.54, 1.807) is 7.11 Å². The molecule has 0 fully saturated rings. The largest absolute Gasteiger partial charge is 0.497 e. The number of nitrogens with zero attached hydrogens (tertiary/aromatic N) is 1. The maximum atomic E-state index is 12.9. The van der Waals surface area contributed by atoms with Crippen LogP contribution in [-0.4, -0.2) is 24.1 Å². The minimum Gasteiger partial charge on any atom is -0.497 e. The zero-order valence-corrected chi connectivity index (χ0v) is 17.5. The minimum atomic E-state index is -0.0658. The molecule has 0 saturated carbocycles. The molecule has 1 heterocycles. The Bertz CT molecular complexity index is 1170. The molecule has 0 saturated heterocycles. The number of halogens is 1. The van der Waals surface area contributed by atoms with Crippen LogP contribution >= 0.6 is 11.6 Å². The van der Waals surface area contributed by atoms with Crippen molar-refractivity contribution >= 4 is 28.4 Å². The Balaban J connectivity index is 1.50. The molecule has 152 valence electrons. The van der Waals surface area contributed by atoms with Gasteiger partial charge in [0.25, 0.3) is 5.91 Å². The molecule has 0 aliphatic carbocycles. The molecule has 5 heteroatoms. The van der Waals surface area contributed by atoms with Crippen molar-refractivity contribution in [2.24, 2.45) is 0 Å². The molecule has 30 heavy (non-hydrogen) atoms. The lowest BCUT2D eigenvalue weighted by Gasteiger charge is -2.06. The summed E-state index contributed by atoms with van der Waals surface area (Å²) < 4.78 is 7.37. The second kappa shape index (κ2) is 9.06. The average Bonchev–Trinajstić information content (AvgIpc) is 3.14. The summed E-state index contributed by atoms with van der Waals surface area (Å²) in [7, 11) is 1.65. The fraction of sp³-hybridized carbons (Fsp3) is 0.160. The molecule has 0 aliphatic heterocycles. The number of aromatic nitrogens is 1. The Morgan fingerprint density at radius 3 is 2.60 bits per heavy atom. The van der Waals surface area contributed by atoms with E-state index >= 15 is 0 Å². The summed E-state index contributed by atoms with van der Waals surface area (Å²) in [5.41, 5.74) is 3.97. The van der Waals surface area contributed by atoms with Gasteiger partial charge in [-0.25, -0.2) is 0 Å². The minimum absolute atomic E-state index is 0.0658. The van der Waals surface area contributed by atoms with Crippen LogP contribution in [0.4, 0.5) is 0 Å². The molecule has 4 rings (SSSR count). The number of benzene rings is 3. The van der Waals surface area contributed by atoms with Gasteiger partial charge in [-0.1, -0.05) is 54.1 Å². The predicted molar refractivity (Wildman–Crippen MR) is 122 cm³/mol. The van der Waals surface area contributed by atoms with Crippen LogP contribution in [0.15, 0.2) is 79.0 Å². The summed E-state index contributed by atoms with van der Waals surface area (Å²) in [4.78, 5) is 12.9. The fourth-order valence-corrected chi connectivity index (χ4v) is 3.71. The van der Waals surface area contributed by atoms with E-state index in [9.17, 15) is 4.79 Å². The molecule has 1 aromatic heterocycles. The summed E-state index contributed by atoms with van der Waals surface area (Å²) in [6.45, 7) is 1.23. The Kier molecular flexibility index (Phi) is 6.05. The van der Waals surface area contributed by atoms with E-state index in [0.29, 0.717) is 23.7 Å². The topological polar surface area (TPSA) is 43.3 Å². The first kappa shape index (κ1) is 20.0. The standard InChI is InChI=1S/C25H23ClN2O2/c1-30-21-6-4-5-18(15-21)13-14-27-25(29)23-17-28(24-8-3-2-7-22(23)24)16-19-9-11-20(26)12-10-19/h2-12,15,17H,13-14,16H2,1H3,(H,27,29). The van der Waals surface area contributed by atoms with E-state index in [1.165, 1.54) is 0 Å². The van der Waals surface area contributed by atoms with Crippen molar-refractivity contribution in [3.63, 3.8) is 0 Å². The predicted octanol–water partition coefficient (Wildman–Crippen LogP) is 5.32. The van der Waals surface area contributed by atoms with Crippen LogP contribution in [0, 0.1) is 0 Å². The van der Waals surface area contributed by atoms with Gasteiger partial charge in [0, 0.05) is 35.2 Å². The van der Waals surface area contributed by atoms with Crippen molar-refractivity contribution < 1.29 is 9.53 Å². The SMILES string of the molecule is COc1cccc(CCNC(=O)c2cn(Cc3ccc(Cl)cc3)c3ccccc23)c1. The normalized spacial score (nSPS) is 10.9. The van der Waals surface area contributed by atoms with E-state index in [4.69, 9.17) is 16.3 Å². The lowest BCUT2D eigenvalue weighted by atomic mass is 10.1. The fourth-order valence-electron chi connectivity index (χ4n) is 3.59. The number of nitrogens with one attached hydrogen (secondary N) is 1. The molecule has 0 spiro atoms. The number of fused-ring (bicyclic) bond motifs is 1. The van der Waals surface area contributed by atoms with E-state index in [1.807, 2.05) is 79.0 Å². The number of amides is 1. The van der Waals surface area contributed by atoms with Gasteiger partial charge >= 0.3 is 0 Å². The highest BCUT2D eigenvalue weighted by molar-refractivity contribution is 6.30. The molecule has 0 aliphatic rings. The molecular formula is C25H23ClN2O2. The molecule has 0 unspecified atom stereocenters. The van der Waals surface area contributed by atoms with Gasteiger partial charge in [-0.2, -0.15) is 0 Å². The molecule has 0 atom stereocenters. The quantitative estimate of drug-likeness (QED) is 0.441. The Morgan fingerprint density at radius 2 is 1.80 bits per heavy atom. The molecule has 0 radical (unpaired) electrons. The van der Waals surface area contributed by atoms with Crippen molar-refractivity contribution in [3.05, 3.63) is 101 Å². The first-order valence-corrected chi connectivity index (χ1v) is 10.3. The molecule has 4 aromatic rings. The summed E-state index contributed by atoms with van der Waals surface area (Å²) in [5, 5.41) is 4.72. The van der Waals surface area contributed by atoms with Crippen molar-refractivity contribution in [1.82, 2.24) is 9.88 Å². The van der Waals surface area contributed by atoms with Crippen molar-refractivity contribution in [2.75, 3.05) is 13.7 Å². The van der Waals surface area contributed by atoms with Crippen molar-refractivity contribution in [3.8, 4) is 5.75 Å². The van der Waals surface area contributed by atoms with Crippen LogP contribution in [0.1, 0.15) is 21.5 Å². The smallest absolute Gasteiger partial charge is 0.253 e. The number of ether oxygens (including phenoxy) is 1. The number of carbonyl (C=O) groups excluding carboxylic acids is 1. The van der Waals surface area contributed by atoms with E-state index < -0.39 is 0 Å². The highest BCUT2D eigenvalue weighted by atomic mass is 35.5. The summed E-state index contributed by atoms with van der Waals surface area (Å²) in [6, 6.07) is 23.7. The zero-order chi connectivity index (χ0) is 20.9. The number of para-hydroxylation sites is 1.